The summed E-state index contributed by atoms with van der Waals surface area (Å²) in [5.74, 6) is 0. The van der Waals surface area contributed by atoms with Gasteiger partial charge in [0.05, 0.1) is 0 Å². The van der Waals surface area contributed by atoms with E-state index < -0.39 is 0 Å². The fourth-order valence-electron chi connectivity index (χ4n) is 0.972. The molecule has 0 radical (unpaired) electrons. The molecule has 0 unspecified atom stereocenters. The van der Waals surface area contributed by atoms with Gasteiger partial charge in [-0.3, -0.25) is 4.98 Å². The largest absolute Gasteiger partial charge is 0.309 e. The lowest BCUT2D eigenvalue weighted by Crippen LogP contribution is -2.21. The lowest BCUT2D eigenvalue weighted by atomic mass is 9.87. The molecule has 2 nitrogen and oxygen atoms in total. The first-order valence-corrected chi connectivity index (χ1v) is 4.47. The second kappa shape index (κ2) is 3.69. The molecule has 1 heterocycles. The van der Waals surface area contributed by atoms with Crippen LogP contribution in [0.1, 0.15) is 26.3 Å². The van der Waals surface area contributed by atoms with Crippen LogP contribution in [0.15, 0.2) is 24.5 Å². The summed E-state index contributed by atoms with van der Waals surface area (Å²) in [6, 6.07) is 3.92. The van der Waals surface area contributed by atoms with Gasteiger partial charge in [0.15, 0.2) is 0 Å². The van der Waals surface area contributed by atoms with E-state index in [9.17, 15) is 0 Å². The maximum absolute atomic E-state index is 7.85. The molecule has 1 rings (SSSR count). The van der Waals surface area contributed by atoms with E-state index in [1.54, 1.807) is 6.20 Å². The molecule has 0 aliphatic carbocycles. The van der Waals surface area contributed by atoms with Crippen LogP contribution in [0.4, 0.5) is 0 Å². The normalized spacial score (nSPS) is 11.3. The van der Waals surface area contributed by atoms with Crippen LogP contribution in [0.2, 0.25) is 0 Å². The molecule has 0 aliphatic rings. The van der Waals surface area contributed by atoms with E-state index in [-0.39, 0.29) is 5.41 Å². The van der Waals surface area contributed by atoms with Gasteiger partial charge in [-0.25, -0.2) is 0 Å². The summed E-state index contributed by atoms with van der Waals surface area (Å²) in [5, 5.41) is 7.85. The lowest BCUT2D eigenvalue weighted by molar-refractivity contribution is 0.577. The van der Waals surface area contributed by atoms with Gasteiger partial charge in [0.2, 0.25) is 0 Å². The number of hydrogen-bond donors (Lipinski definition) is 1. The van der Waals surface area contributed by atoms with E-state index in [0.29, 0.717) is 6.42 Å². The van der Waals surface area contributed by atoms with Crippen LogP contribution in [0.3, 0.4) is 0 Å². The zero-order valence-electron chi connectivity index (χ0n) is 8.46. The highest BCUT2D eigenvalue weighted by Crippen LogP contribution is 2.17. The Balaban J connectivity index is 2.66. The van der Waals surface area contributed by atoms with Crippen molar-refractivity contribution in [3.63, 3.8) is 0 Å². The Labute approximate surface area is 79.5 Å². The Kier molecular flexibility index (Phi) is 2.81. The van der Waals surface area contributed by atoms with Crippen LogP contribution in [-0.2, 0) is 6.42 Å². The van der Waals surface area contributed by atoms with Crippen LogP contribution in [0.25, 0.3) is 0 Å². The molecular weight excluding hydrogens is 160 g/mol. The Morgan fingerprint density at radius 1 is 1.46 bits per heavy atom. The predicted octanol–water partition coefficient (Wildman–Crippen LogP) is 2.69. The van der Waals surface area contributed by atoms with Gasteiger partial charge in [0.1, 0.15) is 0 Å². The minimum absolute atomic E-state index is 0.0319. The van der Waals surface area contributed by atoms with Crippen LogP contribution >= 0.6 is 0 Å². The maximum atomic E-state index is 7.85. The number of nitrogens with one attached hydrogen (secondary N) is 1. The van der Waals surface area contributed by atoms with Gasteiger partial charge in [-0.05, 0) is 17.0 Å². The molecule has 13 heavy (non-hydrogen) atoms. The fourth-order valence-corrected chi connectivity index (χ4v) is 0.972. The average molecular weight is 176 g/mol. The third-order valence-electron chi connectivity index (χ3n) is 2.01. The highest BCUT2D eigenvalue weighted by Gasteiger charge is 2.16. The number of hydrogen-bond acceptors (Lipinski definition) is 2. The van der Waals surface area contributed by atoms with Crippen LogP contribution in [0.5, 0.6) is 0 Å². The predicted molar refractivity (Wildman–Crippen MR) is 55.1 cm³/mol. The highest BCUT2D eigenvalue weighted by molar-refractivity contribution is 5.88. The van der Waals surface area contributed by atoms with Crippen molar-refractivity contribution in [2.45, 2.75) is 27.2 Å². The number of pyridine rings is 1. The monoisotopic (exact) mass is 176 g/mol. The van der Waals surface area contributed by atoms with Crippen molar-refractivity contribution in [1.82, 2.24) is 4.98 Å². The van der Waals surface area contributed by atoms with E-state index >= 15 is 0 Å². The molecule has 1 aromatic rings. The Hall–Kier alpha value is -1.18. The Morgan fingerprint density at radius 3 is 2.62 bits per heavy atom. The summed E-state index contributed by atoms with van der Waals surface area (Å²) >= 11 is 0. The first-order chi connectivity index (χ1) is 6.00. The summed E-state index contributed by atoms with van der Waals surface area (Å²) < 4.78 is 0. The van der Waals surface area contributed by atoms with E-state index in [2.05, 4.69) is 25.8 Å². The third-order valence-corrected chi connectivity index (χ3v) is 2.01. The molecule has 0 amide bonds. The van der Waals surface area contributed by atoms with Crippen molar-refractivity contribution in [1.29, 1.82) is 5.41 Å². The third kappa shape index (κ3) is 2.98. The summed E-state index contributed by atoms with van der Waals surface area (Å²) in [6.07, 6.45) is 4.28. The standard InChI is InChI=1S/C11H16N2/c1-11(2,3)10(12)7-9-5-4-6-13-8-9/h4-6,8,12H,7H2,1-3H3. The highest BCUT2D eigenvalue weighted by atomic mass is 14.6. The molecule has 0 saturated carbocycles. The summed E-state index contributed by atoms with van der Waals surface area (Å²) in [6.45, 7) is 6.18. The SMILES string of the molecule is CC(C)(C)C(=N)Cc1cccnc1. The van der Waals surface area contributed by atoms with Gasteiger partial charge < -0.3 is 5.41 Å². The molecular formula is C11H16N2. The molecule has 0 atom stereocenters. The number of nitrogens with zero attached hydrogens (tertiary/aromatic N) is 1. The molecule has 0 saturated heterocycles. The van der Waals surface area contributed by atoms with Gasteiger partial charge in [-0.2, -0.15) is 0 Å². The Bertz CT molecular complexity index is 283. The molecule has 1 aromatic heterocycles. The second-order valence-electron chi connectivity index (χ2n) is 4.27. The van der Waals surface area contributed by atoms with Crippen LogP contribution in [0, 0.1) is 10.8 Å². The quantitative estimate of drug-likeness (QED) is 0.691. The first-order valence-electron chi connectivity index (χ1n) is 4.47. The summed E-state index contributed by atoms with van der Waals surface area (Å²) in [4.78, 5) is 4.02. The molecule has 0 bridgehead atoms. The first kappa shape index (κ1) is 9.90. The average Bonchev–Trinajstić information content (AvgIpc) is 2.04. The molecule has 0 fully saturated rings. The zero-order chi connectivity index (χ0) is 9.90. The van der Waals surface area contributed by atoms with E-state index in [1.165, 1.54) is 0 Å². The van der Waals surface area contributed by atoms with Crippen molar-refractivity contribution >= 4 is 5.71 Å². The van der Waals surface area contributed by atoms with E-state index in [4.69, 9.17) is 5.41 Å². The van der Waals surface area contributed by atoms with Gasteiger partial charge in [0.25, 0.3) is 0 Å². The molecule has 2 heteroatoms. The topological polar surface area (TPSA) is 36.7 Å². The lowest BCUT2D eigenvalue weighted by Gasteiger charge is -2.19. The van der Waals surface area contributed by atoms with Gasteiger partial charge >= 0.3 is 0 Å². The Morgan fingerprint density at radius 2 is 2.15 bits per heavy atom. The maximum Gasteiger partial charge on any atom is 0.0303 e. The molecule has 0 spiro atoms. The zero-order valence-corrected chi connectivity index (χ0v) is 8.46. The van der Waals surface area contributed by atoms with E-state index in [1.807, 2.05) is 18.3 Å². The van der Waals surface area contributed by atoms with Gasteiger partial charge in [0, 0.05) is 24.5 Å². The van der Waals surface area contributed by atoms with Crippen molar-refractivity contribution in [2.24, 2.45) is 5.41 Å². The second-order valence-corrected chi connectivity index (χ2v) is 4.27. The minimum atomic E-state index is -0.0319. The van der Waals surface area contributed by atoms with Crippen molar-refractivity contribution in [3.8, 4) is 0 Å². The smallest absolute Gasteiger partial charge is 0.0303 e. The van der Waals surface area contributed by atoms with Crippen LogP contribution in [-0.4, -0.2) is 10.7 Å². The minimum Gasteiger partial charge on any atom is -0.309 e. The molecule has 0 aliphatic heterocycles. The van der Waals surface area contributed by atoms with Crippen molar-refractivity contribution in [2.75, 3.05) is 0 Å². The number of aromatic nitrogens is 1. The van der Waals surface area contributed by atoms with Crippen molar-refractivity contribution < 1.29 is 0 Å². The summed E-state index contributed by atoms with van der Waals surface area (Å²) in [7, 11) is 0. The van der Waals surface area contributed by atoms with E-state index in [0.717, 1.165) is 11.3 Å². The van der Waals surface area contributed by atoms with Gasteiger partial charge in [-0.1, -0.05) is 26.8 Å². The van der Waals surface area contributed by atoms with Crippen molar-refractivity contribution in [3.05, 3.63) is 30.1 Å². The molecule has 1 N–H and O–H groups in total. The molecule has 0 aromatic carbocycles. The number of rotatable bonds is 2. The van der Waals surface area contributed by atoms with Gasteiger partial charge in [-0.15, -0.1) is 0 Å². The van der Waals surface area contributed by atoms with Crippen LogP contribution < -0.4 is 0 Å². The fraction of sp³-hybridized carbons (Fsp3) is 0.455. The summed E-state index contributed by atoms with van der Waals surface area (Å²) in [5.41, 5.74) is 1.83. The molecule has 70 valence electrons.